The molecule has 6 heteroatoms. The molecule has 0 unspecified atom stereocenters. The second-order valence-corrected chi connectivity index (χ2v) is 2.85. The monoisotopic (exact) mass is 237 g/mol. The average molecular weight is 238 g/mol. The lowest BCUT2D eigenvalue weighted by Crippen LogP contribution is -2.16. The number of halogens is 3. The molecule has 3 nitrogen and oxygen atoms in total. The average Bonchev–Trinajstić information content (AvgIpc) is 2.08. The third kappa shape index (κ3) is 3.45. The molecule has 0 saturated heterocycles. The maximum Gasteiger partial charge on any atom is 0.305 e. The molecular formula is C9H10ClF2NO2. The van der Waals surface area contributed by atoms with Crippen LogP contribution in [0, 0.1) is 11.6 Å². The molecule has 0 aliphatic heterocycles. The first-order valence-corrected chi connectivity index (χ1v) is 3.93. The fraction of sp³-hybridized carbons (Fsp3) is 0.222. The lowest BCUT2D eigenvalue weighted by molar-refractivity contribution is -0.137. The Balaban J connectivity index is 0.00000196. The van der Waals surface area contributed by atoms with Gasteiger partial charge in [-0.2, -0.15) is 0 Å². The Morgan fingerprint density at radius 1 is 1.47 bits per heavy atom. The molecule has 0 heterocycles. The highest BCUT2D eigenvalue weighted by Gasteiger charge is 2.16. The number of carboxylic acid groups (broad SMARTS) is 1. The molecule has 0 bridgehead atoms. The minimum atomic E-state index is -1.15. The van der Waals surface area contributed by atoms with Gasteiger partial charge in [0.2, 0.25) is 0 Å². The molecule has 0 aromatic heterocycles. The van der Waals surface area contributed by atoms with Gasteiger partial charge in [-0.15, -0.1) is 12.4 Å². The number of hydrogen-bond donors (Lipinski definition) is 2. The fourth-order valence-corrected chi connectivity index (χ4v) is 1.10. The maximum atomic E-state index is 13.1. The molecule has 1 atom stereocenters. The summed E-state index contributed by atoms with van der Waals surface area (Å²) in [6.07, 6.45) is -0.430. The van der Waals surface area contributed by atoms with Crippen molar-refractivity contribution in [1.82, 2.24) is 0 Å². The van der Waals surface area contributed by atoms with E-state index < -0.39 is 30.1 Å². The zero-order valence-electron chi connectivity index (χ0n) is 7.61. The summed E-state index contributed by atoms with van der Waals surface area (Å²) in [5, 5.41) is 8.41. The predicted octanol–water partition coefficient (Wildman–Crippen LogP) is 1.86. The van der Waals surface area contributed by atoms with E-state index in [0.717, 1.165) is 6.07 Å². The molecule has 0 aliphatic carbocycles. The largest absolute Gasteiger partial charge is 0.481 e. The highest BCUT2D eigenvalue weighted by atomic mass is 35.5. The van der Waals surface area contributed by atoms with Crippen LogP contribution in [0.2, 0.25) is 0 Å². The molecule has 0 aliphatic rings. The van der Waals surface area contributed by atoms with Crippen molar-refractivity contribution >= 4 is 18.4 Å². The van der Waals surface area contributed by atoms with E-state index in [2.05, 4.69) is 0 Å². The molecule has 3 N–H and O–H groups in total. The van der Waals surface area contributed by atoms with Gasteiger partial charge >= 0.3 is 5.97 Å². The number of rotatable bonds is 3. The Bertz CT molecular complexity index is 360. The zero-order chi connectivity index (χ0) is 10.7. The van der Waals surface area contributed by atoms with Gasteiger partial charge in [0, 0.05) is 11.6 Å². The molecule has 0 radical (unpaired) electrons. The van der Waals surface area contributed by atoms with E-state index in [1.807, 2.05) is 0 Å². The van der Waals surface area contributed by atoms with Crippen molar-refractivity contribution in [2.45, 2.75) is 12.5 Å². The Morgan fingerprint density at radius 3 is 2.60 bits per heavy atom. The zero-order valence-corrected chi connectivity index (χ0v) is 8.43. The van der Waals surface area contributed by atoms with Crippen LogP contribution in [0.5, 0.6) is 0 Å². The molecule has 0 amide bonds. The van der Waals surface area contributed by atoms with Crippen molar-refractivity contribution in [2.75, 3.05) is 0 Å². The molecule has 1 aromatic rings. The summed E-state index contributed by atoms with van der Waals surface area (Å²) in [5.74, 6) is -3.26. The van der Waals surface area contributed by atoms with Crippen molar-refractivity contribution in [3.63, 3.8) is 0 Å². The van der Waals surface area contributed by atoms with Crippen LogP contribution in [0.4, 0.5) is 8.78 Å². The first-order chi connectivity index (χ1) is 6.52. The van der Waals surface area contributed by atoms with Crippen LogP contribution in [-0.2, 0) is 4.79 Å². The van der Waals surface area contributed by atoms with Crippen molar-refractivity contribution in [3.8, 4) is 0 Å². The number of carboxylic acids is 1. The third-order valence-corrected chi connectivity index (χ3v) is 1.78. The molecule has 1 rings (SSSR count). The second-order valence-electron chi connectivity index (χ2n) is 2.85. The van der Waals surface area contributed by atoms with Gasteiger partial charge in [0.1, 0.15) is 0 Å². The fourth-order valence-electron chi connectivity index (χ4n) is 1.10. The summed E-state index contributed by atoms with van der Waals surface area (Å²) in [6.45, 7) is 0. The highest BCUT2D eigenvalue weighted by molar-refractivity contribution is 5.85. The number of aliphatic carboxylic acids is 1. The number of carbonyl (C=O) groups is 1. The molecule has 0 saturated carbocycles. The first kappa shape index (κ1) is 13.8. The molecule has 15 heavy (non-hydrogen) atoms. The van der Waals surface area contributed by atoms with Gasteiger partial charge in [-0.25, -0.2) is 8.78 Å². The van der Waals surface area contributed by atoms with Crippen LogP contribution in [0.15, 0.2) is 18.2 Å². The minimum Gasteiger partial charge on any atom is -0.481 e. The molecular weight excluding hydrogens is 228 g/mol. The summed E-state index contributed by atoms with van der Waals surface area (Å²) in [7, 11) is 0. The van der Waals surface area contributed by atoms with Gasteiger partial charge in [0.05, 0.1) is 6.42 Å². The molecule has 0 spiro atoms. The quantitative estimate of drug-likeness (QED) is 0.844. The Hall–Kier alpha value is -1.20. The molecule has 84 valence electrons. The maximum absolute atomic E-state index is 13.1. The van der Waals surface area contributed by atoms with Crippen LogP contribution < -0.4 is 5.73 Å². The van der Waals surface area contributed by atoms with Gasteiger partial charge in [-0.05, 0) is 6.07 Å². The van der Waals surface area contributed by atoms with Gasteiger partial charge in [-0.1, -0.05) is 12.1 Å². The van der Waals surface area contributed by atoms with E-state index in [0.29, 0.717) is 0 Å². The van der Waals surface area contributed by atoms with Crippen molar-refractivity contribution in [2.24, 2.45) is 5.73 Å². The van der Waals surface area contributed by atoms with E-state index in [1.54, 1.807) is 0 Å². The summed E-state index contributed by atoms with van der Waals surface area (Å²) in [4.78, 5) is 10.3. The predicted molar refractivity (Wildman–Crippen MR) is 52.8 cm³/mol. The number of nitrogens with two attached hydrogens (primary N) is 1. The summed E-state index contributed by atoms with van der Waals surface area (Å²) < 4.78 is 25.8. The van der Waals surface area contributed by atoms with Crippen molar-refractivity contribution < 1.29 is 18.7 Å². The van der Waals surface area contributed by atoms with Gasteiger partial charge in [-0.3, -0.25) is 4.79 Å². The second kappa shape index (κ2) is 5.63. The molecule has 1 aromatic carbocycles. The summed E-state index contributed by atoms with van der Waals surface area (Å²) >= 11 is 0. The Kier molecular flexibility index (Phi) is 5.18. The SMILES string of the molecule is Cl.N[C@@H](CC(=O)O)c1cccc(F)c1F. The topological polar surface area (TPSA) is 63.3 Å². The minimum absolute atomic E-state index is 0. The highest BCUT2D eigenvalue weighted by Crippen LogP contribution is 2.19. The standard InChI is InChI=1S/C9H9F2NO2.ClH/c10-6-3-1-2-5(9(6)11)7(12)4-8(13)14;/h1-3,7H,4,12H2,(H,13,14);1H/t7-;/m0./s1. The number of hydrogen-bond acceptors (Lipinski definition) is 2. The third-order valence-electron chi connectivity index (χ3n) is 1.78. The Morgan fingerprint density at radius 2 is 2.07 bits per heavy atom. The van der Waals surface area contributed by atoms with E-state index in [1.165, 1.54) is 12.1 Å². The van der Waals surface area contributed by atoms with Crippen molar-refractivity contribution in [1.29, 1.82) is 0 Å². The summed E-state index contributed by atoms with van der Waals surface area (Å²) in [5.41, 5.74) is 5.26. The van der Waals surface area contributed by atoms with Crippen LogP contribution in [-0.4, -0.2) is 11.1 Å². The number of benzene rings is 1. The smallest absolute Gasteiger partial charge is 0.305 e. The van der Waals surface area contributed by atoms with Crippen molar-refractivity contribution in [3.05, 3.63) is 35.4 Å². The lowest BCUT2D eigenvalue weighted by Gasteiger charge is -2.10. The Labute approximate surface area is 91.3 Å². The normalized spacial score (nSPS) is 11.7. The van der Waals surface area contributed by atoms with E-state index in [9.17, 15) is 13.6 Å². The van der Waals surface area contributed by atoms with Gasteiger partial charge in [0.25, 0.3) is 0 Å². The van der Waals surface area contributed by atoms with Gasteiger partial charge in [0.15, 0.2) is 11.6 Å². The van der Waals surface area contributed by atoms with Crippen LogP contribution in [0.3, 0.4) is 0 Å². The van der Waals surface area contributed by atoms with E-state index >= 15 is 0 Å². The van der Waals surface area contributed by atoms with Gasteiger partial charge < -0.3 is 10.8 Å². The van der Waals surface area contributed by atoms with Crippen LogP contribution in [0.1, 0.15) is 18.0 Å². The van der Waals surface area contributed by atoms with E-state index in [4.69, 9.17) is 10.8 Å². The van der Waals surface area contributed by atoms with Crippen LogP contribution >= 0.6 is 12.4 Å². The van der Waals surface area contributed by atoms with Crippen LogP contribution in [0.25, 0.3) is 0 Å². The molecule has 0 fully saturated rings. The van der Waals surface area contributed by atoms with E-state index in [-0.39, 0.29) is 18.0 Å². The first-order valence-electron chi connectivity index (χ1n) is 3.93. The lowest BCUT2D eigenvalue weighted by atomic mass is 10.0. The summed E-state index contributed by atoms with van der Waals surface area (Å²) in [6, 6.07) is 2.48.